The average Bonchev–Trinajstić information content (AvgIpc) is 2.70. The second-order valence-corrected chi connectivity index (χ2v) is 7.18. The number of piperidine rings is 1. The topological polar surface area (TPSA) is 41.3 Å². The molecule has 2 fully saturated rings. The Morgan fingerprint density at radius 3 is 2.43 bits per heavy atom. The highest BCUT2D eigenvalue weighted by molar-refractivity contribution is 5.30. The molecule has 2 heterocycles. The molecular weight excluding hydrogens is 258 g/mol. The molecule has 0 saturated carbocycles. The fourth-order valence-corrected chi connectivity index (χ4v) is 4.33. The van der Waals surface area contributed by atoms with Crippen LogP contribution in [0, 0.1) is 19.8 Å². The molecule has 0 spiro atoms. The maximum Gasteiger partial charge on any atom is 0.0280 e. The third-order valence-electron chi connectivity index (χ3n) is 5.94. The van der Waals surface area contributed by atoms with Crippen LogP contribution < -0.4 is 11.3 Å². The average molecular weight is 287 g/mol. The first-order valence-electron chi connectivity index (χ1n) is 8.32. The molecule has 3 atom stereocenters. The number of nitrogens with zero attached hydrogens (tertiary/aromatic N) is 1. The van der Waals surface area contributed by atoms with Gasteiger partial charge in [0.2, 0.25) is 0 Å². The van der Waals surface area contributed by atoms with Gasteiger partial charge in [0.05, 0.1) is 0 Å². The summed E-state index contributed by atoms with van der Waals surface area (Å²) in [6.07, 6.45) is 6.39. The van der Waals surface area contributed by atoms with Crippen LogP contribution in [-0.2, 0) is 6.42 Å². The van der Waals surface area contributed by atoms with Crippen LogP contribution in [0.15, 0.2) is 18.2 Å². The summed E-state index contributed by atoms with van der Waals surface area (Å²) in [7, 11) is 2.30. The summed E-state index contributed by atoms with van der Waals surface area (Å²) >= 11 is 0. The first kappa shape index (κ1) is 15.0. The van der Waals surface area contributed by atoms with E-state index < -0.39 is 0 Å². The van der Waals surface area contributed by atoms with Crippen molar-refractivity contribution < 1.29 is 0 Å². The molecule has 3 unspecified atom stereocenters. The van der Waals surface area contributed by atoms with E-state index in [0.717, 1.165) is 18.5 Å². The van der Waals surface area contributed by atoms with Crippen LogP contribution in [0.4, 0.5) is 0 Å². The fourth-order valence-electron chi connectivity index (χ4n) is 4.33. The molecule has 2 aliphatic heterocycles. The molecule has 3 nitrogen and oxygen atoms in total. The number of fused-ring (bicyclic) bond motifs is 2. The Balaban J connectivity index is 1.69. The second kappa shape index (κ2) is 6.07. The van der Waals surface area contributed by atoms with Gasteiger partial charge in [-0.05, 0) is 75.6 Å². The largest absolute Gasteiger partial charge is 0.300 e. The molecule has 0 aliphatic carbocycles. The summed E-state index contributed by atoms with van der Waals surface area (Å²) in [5, 5.41) is 0. The number of aryl methyl sites for hydroxylation is 2. The van der Waals surface area contributed by atoms with Crippen molar-refractivity contribution in [2.45, 2.75) is 64.1 Å². The van der Waals surface area contributed by atoms with Crippen molar-refractivity contribution in [1.29, 1.82) is 0 Å². The van der Waals surface area contributed by atoms with Crippen molar-refractivity contribution in [3.63, 3.8) is 0 Å². The highest BCUT2D eigenvalue weighted by Gasteiger charge is 2.40. The van der Waals surface area contributed by atoms with E-state index in [1.54, 1.807) is 0 Å². The lowest BCUT2D eigenvalue weighted by atomic mass is 9.82. The van der Waals surface area contributed by atoms with E-state index in [2.05, 4.69) is 49.4 Å². The van der Waals surface area contributed by atoms with E-state index in [1.165, 1.54) is 42.4 Å². The van der Waals surface area contributed by atoms with Gasteiger partial charge >= 0.3 is 0 Å². The number of benzene rings is 1. The van der Waals surface area contributed by atoms with Crippen LogP contribution >= 0.6 is 0 Å². The first-order chi connectivity index (χ1) is 10.1. The Bertz CT molecular complexity index is 485. The van der Waals surface area contributed by atoms with Crippen LogP contribution in [0.25, 0.3) is 0 Å². The molecule has 0 radical (unpaired) electrons. The van der Waals surface area contributed by atoms with E-state index in [0.29, 0.717) is 12.0 Å². The molecule has 21 heavy (non-hydrogen) atoms. The lowest BCUT2D eigenvalue weighted by Gasteiger charge is -2.39. The van der Waals surface area contributed by atoms with Crippen LogP contribution in [0.5, 0.6) is 0 Å². The third-order valence-corrected chi connectivity index (χ3v) is 5.94. The molecular formula is C18H29N3. The molecule has 1 aromatic carbocycles. The van der Waals surface area contributed by atoms with Crippen molar-refractivity contribution in [1.82, 2.24) is 10.3 Å². The standard InChI is InChI=1S/C18H29N3/c1-12-4-5-14(8-13(12)2)9-18(20-19)15-10-16-6-7-17(11-15)21(16)3/h4-5,8,15-18,20H,6-7,9-11,19H2,1-3H3. The first-order valence-corrected chi connectivity index (χ1v) is 8.32. The lowest BCUT2D eigenvalue weighted by Crippen LogP contribution is -2.49. The summed E-state index contributed by atoms with van der Waals surface area (Å²) < 4.78 is 0. The van der Waals surface area contributed by atoms with Gasteiger partial charge in [0, 0.05) is 18.1 Å². The molecule has 2 saturated heterocycles. The Labute approximate surface area is 128 Å². The van der Waals surface area contributed by atoms with Gasteiger partial charge in [-0.25, -0.2) is 0 Å². The van der Waals surface area contributed by atoms with Crippen molar-refractivity contribution in [2.24, 2.45) is 11.8 Å². The van der Waals surface area contributed by atoms with Gasteiger partial charge in [0.25, 0.3) is 0 Å². The van der Waals surface area contributed by atoms with E-state index >= 15 is 0 Å². The minimum atomic E-state index is 0.406. The van der Waals surface area contributed by atoms with Gasteiger partial charge in [-0.15, -0.1) is 0 Å². The molecule has 0 aromatic heterocycles. The predicted molar refractivity (Wildman–Crippen MR) is 88.0 cm³/mol. The monoisotopic (exact) mass is 287 g/mol. The highest BCUT2D eigenvalue weighted by atomic mass is 15.2. The quantitative estimate of drug-likeness (QED) is 0.660. The minimum Gasteiger partial charge on any atom is -0.300 e. The maximum absolute atomic E-state index is 5.90. The molecule has 1 aromatic rings. The summed E-state index contributed by atoms with van der Waals surface area (Å²) in [5.41, 5.74) is 7.28. The van der Waals surface area contributed by atoms with Gasteiger partial charge < -0.3 is 4.90 Å². The van der Waals surface area contributed by atoms with Gasteiger partial charge in [0.15, 0.2) is 0 Å². The maximum atomic E-state index is 5.90. The van der Waals surface area contributed by atoms with E-state index in [9.17, 15) is 0 Å². The zero-order chi connectivity index (χ0) is 15.0. The van der Waals surface area contributed by atoms with Crippen molar-refractivity contribution in [2.75, 3.05) is 7.05 Å². The van der Waals surface area contributed by atoms with Crippen molar-refractivity contribution >= 4 is 0 Å². The number of rotatable bonds is 4. The molecule has 0 amide bonds. The van der Waals surface area contributed by atoms with Gasteiger partial charge in [-0.3, -0.25) is 11.3 Å². The van der Waals surface area contributed by atoms with Crippen LogP contribution in [0.2, 0.25) is 0 Å². The molecule has 116 valence electrons. The normalized spacial score (nSPS) is 30.6. The predicted octanol–water partition coefficient (Wildman–Crippen LogP) is 2.55. The third kappa shape index (κ3) is 3.01. The Hall–Kier alpha value is -0.900. The zero-order valence-electron chi connectivity index (χ0n) is 13.6. The number of nitrogens with one attached hydrogen (secondary N) is 1. The SMILES string of the molecule is Cc1ccc(CC(NN)C2CC3CCC(C2)N3C)cc1C. The van der Waals surface area contributed by atoms with Gasteiger partial charge in [0.1, 0.15) is 0 Å². The molecule has 3 heteroatoms. The Morgan fingerprint density at radius 1 is 1.19 bits per heavy atom. The smallest absolute Gasteiger partial charge is 0.0280 e. The summed E-state index contributed by atoms with van der Waals surface area (Å²) in [5.74, 6) is 6.61. The molecule has 3 N–H and O–H groups in total. The summed E-state index contributed by atoms with van der Waals surface area (Å²) in [6, 6.07) is 8.79. The van der Waals surface area contributed by atoms with Crippen molar-refractivity contribution in [3.05, 3.63) is 34.9 Å². The summed E-state index contributed by atoms with van der Waals surface area (Å²) in [4.78, 5) is 2.60. The molecule has 2 aliphatic rings. The van der Waals surface area contributed by atoms with Crippen molar-refractivity contribution in [3.8, 4) is 0 Å². The fraction of sp³-hybridized carbons (Fsp3) is 0.667. The zero-order valence-corrected chi connectivity index (χ0v) is 13.6. The molecule has 2 bridgehead atoms. The number of hydrogen-bond donors (Lipinski definition) is 2. The minimum absolute atomic E-state index is 0.406. The lowest BCUT2D eigenvalue weighted by molar-refractivity contribution is 0.112. The Kier molecular flexibility index (Phi) is 4.34. The van der Waals surface area contributed by atoms with E-state index in [-0.39, 0.29) is 0 Å². The summed E-state index contributed by atoms with van der Waals surface area (Å²) in [6.45, 7) is 4.37. The van der Waals surface area contributed by atoms with Crippen LogP contribution in [0.1, 0.15) is 42.4 Å². The number of nitrogens with two attached hydrogens (primary N) is 1. The van der Waals surface area contributed by atoms with Gasteiger partial charge in [-0.1, -0.05) is 18.2 Å². The second-order valence-electron chi connectivity index (χ2n) is 7.18. The van der Waals surface area contributed by atoms with E-state index in [4.69, 9.17) is 5.84 Å². The Morgan fingerprint density at radius 2 is 1.86 bits per heavy atom. The van der Waals surface area contributed by atoms with Crippen LogP contribution in [0.3, 0.4) is 0 Å². The van der Waals surface area contributed by atoms with Crippen LogP contribution in [-0.4, -0.2) is 30.1 Å². The molecule has 3 rings (SSSR count). The number of hydrogen-bond acceptors (Lipinski definition) is 3. The van der Waals surface area contributed by atoms with E-state index in [1.807, 2.05) is 0 Å². The highest BCUT2D eigenvalue weighted by Crippen LogP contribution is 2.39. The number of hydrazine groups is 1. The van der Waals surface area contributed by atoms with Gasteiger partial charge in [-0.2, -0.15) is 0 Å².